The highest BCUT2D eigenvalue weighted by Gasteiger charge is 2.23. The van der Waals surface area contributed by atoms with Gasteiger partial charge in [-0.3, -0.25) is 0 Å². The SMILES string of the molecule is CNC1CC(C)Cc2ccc(F)cc21. The van der Waals surface area contributed by atoms with Crippen molar-refractivity contribution in [3.8, 4) is 0 Å². The predicted octanol–water partition coefficient (Wildman–Crippen LogP) is 2.67. The summed E-state index contributed by atoms with van der Waals surface area (Å²) in [6, 6.07) is 5.47. The number of nitrogens with one attached hydrogen (secondary N) is 1. The van der Waals surface area contributed by atoms with Crippen LogP contribution in [0.25, 0.3) is 0 Å². The molecule has 0 heterocycles. The van der Waals surface area contributed by atoms with Crippen molar-refractivity contribution in [2.45, 2.75) is 25.8 Å². The van der Waals surface area contributed by atoms with Crippen molar-refractivity contribution in [3.63, 3.8) is 0 Å². The van der Waals surface area contributed by atoms with E-state index in [-0.39, 0.29) is 5.82 Å². The zero-order valence-electron chi connectivity index (χ0n) is 8.68. The van der Waals surface area contributed by atoms with E-state index in [0.29, 0.717) is 12.0 Å². The largest absolute Gasteiger partial charge is 0.313 e. The van der Waals surface area contributed by atoms with Crippen LogP contribution in [0, 0.1) is 11.7 Å². The van der Waals surface area contributed by atoms with Gasteiger partial charge in [-0.05, 0) is 49.1 Å². The molecule has 0 spiro atoms. The molecule has 1 nitrogen and oxygen atoms in total. The molecule has 2 atom stereocenters. The second kappa shape index (κ2) is 3.70. The van der Waals surface area contributed by atoms with E-state index in [2.05, 4.69) is 12.2 Å². The molecule has 0 aromatic heterocycles. The Morgan fingerprint density at radius 2 is 2.21 bits per heavy atom. The van der Waals surface area contributed by atoms with Crippen LogP contribution in [0.2, 0.25) is 0 Å². The van der Waals surface area contributed by atoms with Crippen LogP contribution in [0.3, 0.4) is 0 Å². The van der Waals surface area contributed by atoms with Crippen LogP contribution >= 0.6 is 0 Å². The molecule has 0 aliphatic heterocycles. The normalized spacial score (nSPS) is 25.9. The van der Waals surface area contributed by atoms with E-state index in [9.17, 15) is 4.39 Å². The van der Waals surface area contributed by atoms with Gasteiger partial charge in [-0.15, -0.1) is 0 Å². The molecule has 0 bridgehead atoms. The van der Waals surface area contributed by atoms with E-state index in [1.54, 1.807) is 12.1 Å². The Labute approximate surface area is 84.3 Å². The summed E-state index contributed by atoms with van der Waals surface area (Å²) in [7, 11) is 1.94. The fourth-order valence-corrected chi connectivity index (χ4v) is 2.34. The van der Waals surface area contributed by atoms with Gasteiger partial charge in [-0.1, -0.05) is 13.0 Å². The molecule has 0 saturated carbocycles. The third kappa shape index (κ3) is 1.67. The van der Waals surface area contributed by atoms with E-state index in [0.717, 1.165) is 18.4 Å². The Bertz CT molecular complexity index is 335. The molecular weight excluding hydrogens is 177 g/mol. The average molecular weight is 193 g/mol. The molecule has 1 aromatic rings. The van der Waals surface area contributed by atoms with Crippen molar-refractivity contribution in [2.75, 3.05) is 7.05 Å². The maximum Gasteiger partial charge on any atom is 0.123 e. The van der Waals surface area contributed by atoms with Crippen molar-refractivity contribution < 1.29 is 4.39 Å². The van der Waals surface area contributed by atoms with Gasteiger partial charge in [0.1, 0.15) is 5.82 Å². The summed E-state index contributed by atoms with van der Waals surface area (Å²) in [4.78, 5) is 0. The molecule has 2 rings (SSSR count). The van der Waals surface area contributed by atoms with Gasteiger partial charge >= 0.3 is 0 Å². The second-order valence-corrected chi connectivity index (χ2v) is 4.23. The Hall–Kier alpha value is -0.890. The first-order chi connectivity index (χ1) is 6.70. The lowest BCUT2D eigenvalue weighted by Crippen LogP contribution is -2.25. The highest BCUT2D eigenvalue weighted by molar-refractivity contribution is 5.33. The molecule has 0 fully saturated rings. The zero-order valence-corrected chi connectivity index (χ0v) is 8.68. The molecule has 0 amide bonds. The van der Waals surface area contributed by atoms with Crippen LogP contribution in [0.15, 0.2) is 18.2 Å². The molecule has 1 aliphatic rings. The first kappa shape index (κ1) is 9.66. The third-order valence-electron chi connectivity index (χ3n) is 3.04. The number of rotatable bonds is 1. The molecule has 2 unspecified atom stereocenters. The summed E-state index contributed by atoms with van der Waals surface area (Å²) in [5.74, 6) is 0.559. The minimum atomic E-state index is -0.126. The molecular formula is C12H16FN. The molecule has 76 valence electrons. The smallest absolute Gasteiger partial charge is 0.123 e. The van der Waals surface area contributed by atoms with E-state index < -0.39 is 0 Å². The first-order valence-corrected chi connectivity index (χ1v) is 5.16. The number of hydrogen-bond donors (Lipinski definition) is 1. The fraction of sp³-hybridized carbons (Fsp3) is 0.500. The highest BCUT2D eigenvalue weighted by Crippen LogP contribution is 2.32. The minimum Gasteiger partial charge on any atom is -0.313 e. The van der Waals surface area contributed by atoms with Gasteiger partial charge in [0.2, 0.25) is 0 Å². The maximum absolute atomic E-state index is 13.1. The van der Waals surface area contributed by atoms with Crippen LogP contribution in [0.5, 0.6) is 0 Å². The number of halogens is 1. The van der Waals surface area contributed by atoms with Crippen LogP contribution in [-0.2, 0) is 6.42 Å². The van der Waals surface area contributed by atoms with Crippen molar-refractivity contribution in [1.29, 1.82) is 0 Å². The Kier molecular flexibility index (Phi) is 2.55. The van der Waals surface area contributed by atoms with Gasteiger partial charge in [0.25, 0.3) is 0 Å². The summed E-state index contributed by atoms with van der Waals surface area (Å²) in [6.07, 6.45) is 2.18. The van der Waals surface area contributed by atoms with Gasteiger partial charge in [0, 0.05) is 6.04 Å². The lowest BCUT2D eigenvalue weighted by Gasteiger charge is -2.29. The number of hydrogen-bond acceptors (Lipinski definition) is 1. The summed E-state index contributed by atoms with van der Waals surface area (Å²) in [6.45, 7) is 2.25. The van der Waals surface area contributed by atoms with E-state index in [1.165, 1.54) is 5.56 Å². The summed E-state index contributed by atoms with van der Waals surface area (Å²) < 4.78 is 13.1. The Balaban J connectivity index is 2.41. The molecule has 1 aliphatic carbocycles. The van der Waals surface area contributed by atoms with Gasteiger partial charge < -0.3 is 5.32 Å². The van der Waals surface area contributed by atoms with Gasteiger partial charge in [0.15, 0.2) is 0 Å². The lowest BCUT2D eigenvalue weighted by molar-refractivity contribution is 0.397. The Morgan fingerprint density at radius 3 is 2.93 bits per heavy atom. The van der Waals surface area contributed by atoms with Crippen LogP contribution in [-0.4, -0.2) is 7.05 Å². The van der Waals surface area contributed by atoms with E-state index in [1.807, 2.05) is 13.1 Å². The molecule has 2 heteroatoms. The Morgan fingerprint density at radius 1 is 1.43 bits per heavy atom. The second-order valence-electron chi connectivity index (χ2n) is 4.23. The molecule has 0 saturated heterocycles. The maximum atomic E-state index is 13.1. The minimum absolute atomic E-state index is 0.126. The zero-order chi connectivity index (χ0) is 10.1. The van der Waals surface area contributed by atoms with Crippen LogP contribution in [0.1, 0.15) is 30.5 Å². The fourth-order valence-electron chi connectivity index (χ4n) is 2.34. The van der Waals surface area contributed by atoms with E-state index in [4.69, 9.17) is 0 Å². The molecule has 14 heavy (non-hydrogen) atoms. The molecule has 1 N–H and O–H groups in total. The summed E-state index contributed by atoms with van der Waals surface area (Å²) in [5, 5.41) is 3.25. The van der Waals surface area contributed by atoms with Gasteiger partial charge in [0.05, 0.1) is 0 Å². The monoisotopic (exact) mass is 193 g/mol. The van der Waals surface area contributed by atoms with Crippen LogP contribution in [0.4, 0.5) is 4.39 Å². The van der Waals surface area contributed by atoms with Crippen molar-refractivity contribution in [2.24, 2.45) is 5.92 Å². The number of benzene rings is 1. The van der Waals surface area contributed by atoms with Gasteiger partial charge in [-0.2, -0.15) is 0 Å². The lowest BCUT2D eigenvalue weighted by atomic mass is 9.81. The molecule has 0 radical (unpaired) electrons. The van der Waals surface area contributed by atoms with Crippen molar-refractivity contribution in [1.82, 2.24) is 5.32 Å². The summed E-state index contributed by atoms with van der Waals surface area (Å²) in [5.41, 5.74) is 2.44. The average Bonchev–Trinajstić information content (AvgIpc) is 2.17. The standard InChI is InChI=1S/C12H16FN/c1-8-5-9-3-4-10(13)7-11(9)12(6-8)14-2/h3-4,7-8,12,14H,5-6H2,1-2H3. The first-order valence-electron chi connectivity index (χ1n) is 5.16. The van der Waals surface area contributed by atoms with Crippen LogP contribution < -0.4 is 5.32 Å². The molecule has 1 aromatic carbocycles. The van der Waals surface area contributed by atoms with E-state index >= 15 is 0 Å². The number of fused-ring (bicyclic) bond motifs is 1. The third-order valence-corrected chi connectivity index (χ3v) is 3.04. The van der Waals surface area contributed by atoms with Gasteiger partial charge in [-0.25, -0.2) is 4.39 Å². The highest BCUT2D eigenvalue weighted by atomic mass is 19.1. The van der Waals surface area contributed by atoms with Crippen molar-refractivity contribution >= 4 is 0 Å². The van der Waals surface area contributed by atoms with Crippen molar-refractivity contribution in [3.05, 3.63) is 35.1 Å². The topological polar surface area (TPSA) is 12.0 Å². The quantitative estimate of drug-likeness (QED) is 0.723. The summed E-state index contributed by atoms with van der Waals surface area (Å²) >= 11 is 0. The predicted molar refractivity (Wildman–Crippen MR) is 55.7 cm³/mol.